The number of hydrogen-bond acceptors (Lipinski definition) is 3. The summed E-state index contributed by atoms with van der Waals surface area (Å²) in [6.07, 6.45) is 1.20. The van der Waals surface area contributed by atoms with Crippen LogP contribution < -0.4 is 10.2 Å². The van der Waals surface area contributed by atoms with Crippen molar-refractivity contribution in [3.8, 4) is 0 Å². The van der Waals surface area contributed by atoms with Crippen LogP contribution in [0.5, 0.6) is 0 Å². The second-order valence-corrected chi connectivity index (χ2v) is 7.01. The summed E-state index contributed by atoms with van der Waals surface area (Å²) >= 11 is 0. The van der Waals surface area contributed by atoms with E-state index in [1.807, 2.05) is 43.3 Å². The van der Waals surface area contributed by atoms with Gasteiger partial charge in [-0.1, -0.05) is 6.07 Å². The van der Waals surface area contributed by atoms with E-state index in [9.17, 15) is 14.0 Å². The number of nitrogens with zero attached hydrogens (tertiary/aromatic N) is 2. The van der Waals surface area contributed by atoms with Crippen molar-refractivity contribution in [1.82, 2.24) is 4.90 Å². The summed E-state index contributed by atoms with van der Waals surface area (Å²) in [6, 6.07) is 13.4. The zero-order valence-electron chi connectivity index (χ0n) is 15.6. The number of amides is 2. The molecule has 1 aliphatic heterocycles. The molecule has 1 N–H and O–H groups in total. The Kier molecular flexibility index (Phi) is 5.74. The van der Waals surface area contributed by atoms with Gasteiger partial charge in [0.2, 0.25) is 5.91 Å². The van der Waals surface area contributed by atoms with Gasteiger partial charge < -0.3 is 15.1 Å². The first-order valence-electron chi connectivity index (χ1n) is 9.07. The second-order valence-electron chi connectivity index (χ2n) is 7.01. The average Bonchev–Trinajstić information content (AvgIpc) is 2.68. The number of benzene rings is 2. The third-order valence-electron chi connectivity index (χ3n) is 4.88. The Morgan fingerprint density at radius 1 is 1.07 bits per heavy atom. The predicted molar refractivity (Wildman–Crippen MR) is 104 cm³/mol. The van der Waals surface area contributed by atoms with E-state index < -0.39 is 5.82 Å². The number of hydrogen-bond donors (Lipinski definition) is 1. The SMILES string of the molecule is CN(C)c1ccc(NC(=O)C2CCN(C(=O)c3cccc(F)c3)CC2)cc1. The lowest BCUT2D eigenvalue weighted by atomic mass is 9.95. The van der Waals surface area contributed by atoms with Crippen molar-refractivity contribution < 1.29 is 14.0 Å². The second kappa shape index (κ2) is 8.20. The van der Waals surface area contributed by atoms with Gasteiger partial charge in [0.05, 0.1) is 0 Å². The zero-order valence-corrected chi connectivity index (χ0v) is 15.6. The Morgan fingerprint density at radius 2 is 1.74 bits per heavy atom. The van der Waals surface area contributed by atoms with Crippen LogP contribution in [0.15, 0.2) is 48.5 Å². The van der Waals surface area contributed by atoms with Gasteiger partial charge in [-0.25, -0.2) is 4.39 Å². The highest BCUT2D eigenvalue weighted by atomic mass is 19.1. The van der Waals surface area contributed by atoms with Gasteiger partial charge in [-0.3, -0.25) is 9.59 Å². The molecule has 27 heavy (non-hydrogen) atoms. The van der Waals surface area contributed by atoms with Crippen LogP contribution in [0.25, 0.3) is 0 Å². The molecule has 0 atom stereocenters. The molecule has 1 aliphatic rings. The van der Waals surface area contributed by atoms with Crippen LogP contribution in [0.4, 0.5) is 15.8 Å². The van der Waals surface area contributed by atoms with Crippen LogP contribution in [0.3, 0.4) is 0 Å². The van der Waals surface area contributed by atoms with Crippen LogP contribution >= 0.6 is 0 Å². The van der Waals surface area contributed by atoms with Gasteiger partial charge in [-0.2, -0.15) is 0 Å². The number of nitrogens with one attached hydrogen (secondary N) is 1. The summed E-state index contributed by atoms with van der Waals surface area (Å²) in [4.78, 5) is 28.6. The van der Waals surface area contributed by atoms with Crippen molar-refractivity contribution in [1.29, 1.82) is 0 Å². The molecule has 0 aromatic heterocycles. The van der Waals surface area contributed by atoms with E-state index in [-0.39, 0.29) is 17.7 Å². The average molecular weight is 369 g/mol. The Balaban J connectivity index is 1.54. The molecule has 0 unspecified atom stereocenters. The molecular formula is C21H24FN3O2. The monoisotopic (exact) mass is 369 g/mol. The molecule has 1 saturated heterocycles. The van der Waals surface area contributed by atoms with E-state index in [1.54, 1.807) is 11.0 Å². The lowest BCUT2D eigenvalue weighted by Crippen LogP contribution is -2.41. The van der Waals surface area contributed by atoms with E-state index >= 15 is 0 Å². The van der Waals surface area contributed by atoms with Crippen molar-refractivity contribution >= 4 is 23.2 Å². The predicted octanol–water partition coefficient (Wildman–Crippen LogP) is 3.38. The zero-order chi connectivity index (χ0) is 19.4. The van der Waals surface area contributed by atoms with Crippen LogP contribution in [0, 0.1) is 11.7 Å². The molecule has 5 nitrogen and oxygen atoms in total. The molecule has 2 aromatic carbocycles. The minimum atomic E-state index is -0.421. The van der Waals surface area contributed by atoms with Crippen LogP contribution in [0.1, 0.15) is 23.2 Å². The molecule has 0 saturated carbocycles. The van der Waals surface area contributed by atoms with Crippen molar-refractivity contribution in [3.05, 3.63) is 59.9 Å². The lowest BCUT2D eigenvalue weighted by Gasteiger charge is -2.31. The van der Waals surface area contributed by atoms with Crippen molar-refractivity contribution in [2.45, 2.75) is 12.8 Å². The first kappa shape index (κ1) is 18.9. The van der Waals surface area contributed by atoms with Gasteiger partial charge in [0.1, 0.15) is 5.82 Å². The fourth-order valence-corrected chi connectivity index (χ4v) is 3.24. The van der Waals surface area contributed by atoms with Gasteiger partial charge in [0.25, 0.3) is 5.91 Å². The van der Waals surface area contributed by atoms with Gasteiger partial charge in [-0.15, -0.1) is 0 Å². The van der Waals surface area contributed by atoms with E-state index in [0.29, 0.717) is 31.5 Å². The molecule has 1 heterocycles. The fraction of sp³-hybridized carbons (Fsp3) is 0.333. The molecule has 0 radical (unpaired) electrons. The minimum Gasteiger partial charge on any atom is -0.378 e. The molecule has 142 valence electrons. The smallest absolute Gasteiger partial charge is 0.253 e. The van der Waals surface area contributed by atoms with Crippen LogP contribution in [-0.2, 0) is 4.79 Å². The van der Waals surface area contributed by atoms with E-state index in [0.717, 1.165) is 11.4 Å². The summed E-state index contributed by atoms with van der Waals surface area (Å²) in [5.74, 6) is -0.761. The Bertz CT molecular complexity index is 812. The highest BCUT2D eigenvalue weighted by Gasteiger charge is 2.28. The topological polar surface area (TPSA) is 52.7 Å². The normalized spacial score (nSPS) is 14.7. The first-order valence-corrected chi connectivity index (χ1v) is 9.07. The largest absolute Gasteiger partial charge is 0.378 e. The fourth-order valence-electron chi connectivity index (χ4n) is 3.24. The van der Waals surface area contributed by atoms with E-state index in [2.05, 4.69) is 5.32 Å². The highest BCUT2D eigenvalue weighted by Crippen LogP contribution is 2.22. The van der Waals surface area contributed by atoms with E-state index in [1.165, 1.54) is 18.2 Å². The first-order chi connectivity index (χ1) is 12.9. The summed E-state index contributed by atoms with van der Waals surface area (Å²) in [6.45, 7) is 0.986. The Hall–Kier alpha value is -2.89. The number of carbonyl (C=O) groups is 2. The Morgan fingerprint density at radius 3 is 2.33 bits per heavy atom. The molecule has 3 rings (SSSR count). The summed E-state index contributed by atoms with van der Waals surface area (Å²) in [5, 5.41) is 2.95. The van der Waals surface area contributed by atoms with Crippen molar-refractivity contribution in [2.75, 3.05) is 37.4 Å². The lowest BCUT2D eigenvalue weighted by molar-refractivity contribution is -0.121. The summed E-state index contributed by atoms with van der Waals surface area (Å²) in [7, 11) is 3.93. The van der Waals surface area contributed by atoms with Crippen molar-refractivity contribution in [3.63, 3.8) is 0 Å². The maximum atomic E-state index is 13.3. The maximum Gasteiger partial charge on any atom is 0.253 e. The van der Waals surface area contributed by atoms with Crippen molar-refractivity contribution in [2.24, 2.45) is 5.92 Å². The minimum absolute atomic E-state index is 0.0227. The van der Waals surface area contributed by atoms with Gasteiger partial charge in [0, 0.05) is 50.0 Å². The number of likely N-dealkylation sites (tertiary alicyclic amines) is 1. The third-order valence-corrected chi connectivity index (χ3v) is 4.88. The molecule has 0 spiro atoms. The molecule has 2 aromatic rings. The highest BCUT2D eigenvalue weighted by molar-refractivity contribution is 5.95. The Labute approximate surface area is 158 Å². The van der Waals surface area contributed by atoms with Gasteiger partial charge >= 0.3 is 0 Å². The molecule has 1 fully saturated rings. The number of halogens is 1. The molecule has 6 heteroatoms. The number of carbonyl (C=O) groups excluding carboxylic acids is 2. The maximum absolute atomic E-state index is 13.3. The van der Waals surface area contributed by atoms with Gasteiger partial charge in [-0.05, 0) is 55.3 Å². The summed E-state index contributed by atoms with van der Waals surface area (Å²) in [5.41, 5.74) is 2.18. The number of piperidine rings is 1. The molecule has 2 amide bonds. The standard InChI is InChI=1S/C21H24FN3O2/c1-24(2)19-8-6-18(7-9-19)23-20(26)15-10-12-25(13-11-15)21(27)16-4-3-5-17(22)14-16/h3-9,14-15H,10-13H2,1-2H3,(H,23,26). The van der Waals surface area contributed by atoms with Gasteiger partial charge in [0.15, 0.2) is 0 Å². The van der Waals surface area contributed by atoms with Crippen LogP contribution in [0.2, 0.25) is 0 Å². The van der Waals surface area contributed by atoms with E-state index in [4.69, 9.17) is 0 Å². The molecular weight excluding hydrogens is 345 g/mol. The quantitative estimate of drug-likeness (QED) is 0.899. The number of anilines is 2. The third kappa shape index (κ3) is 4.64. The molecule has 0 aliphatic carbocycles. The summed E-state index contributed by atoms with van der Waals surface area (Å²) < 4.78 is 13.3. The number of rotatable bonds is 4. The molecule has 0 bridgehead atoms. The van der Waals surface area contributed by atoms with Crippen LogP contribution in [-0.4, -0.2) is 43.9 Å².